The second-order valence-corrected chi connectivity index (χ2v) is 7.71. The zero-order valence-electron chi connectivity index (χ0n) is 14.9. The zero-order chi connectivity index (χ0) is 17.2. The van der Waals surface area contributed by atoms with Gasteiger partial charge in [-0.2, -0.15) is 0 Å². The third-order valence-corrected chi connectivity index (χ3v) is 6.38. The maximum absolute atomic E-state index is 12.3. The van der Waals surface area contributed by atoms with Crippen LogP contribution in [0.3, 0.4) is 0 Å². The van der Waals surface area contributed by atoms with Crippen LogP contribution >= 0.6 is 0 Å². The molecule has 4 rings (SSSR count). The Morgan fingerprint density at radius 2 is 1.54 bits per heavy atom. The summed E-state index contributed by atoms with van der Waals surface area (Å²) in [5.74, 6) is 2.26. The van der Waals surface area contributed by atoms with E-state index in [4.69, 9.17) is 14.2 Å². The summed E-state index contributed by atoms with van der Waals surface area (Å²) in [5.41, 5.74) is -0.261. The van der Waals surface area contributed by atoms with Crippen molar-refractivity contribution in [3.8, 4) is 0 Å². The molecule has 136 valence electrons. The summed E-state index contributed by atoms with van der Waals surface area (Å²) in [4.78, 5) is 23.3. The van der Waals surface area contributed by atoms with Gasteiger partial charge in [0.15, 0.2) is 0 Å². The molecule has 0 atom stereocenters. The number of ether oxygens (including phenoxy) is 3. The molecule has 4 aliphatic carbocycles. The van der Waals surface area contributed by atoms with Crippen molar-refractivity contribution >= 4 is 11.9 Å². The second-order valence-electron chi connectivity index (χ2n) is 7.71. The van der Waals surface area contributed by atoms with Crippen molar-refractivity contribution < 1.29 is 23.8 Å². The van der Waals surface area contributed by atoms with Gasteiger partial charge < -0.3 is 14.2 Å². The van der Waals surface area contributed by atoms with Gasteiger partial charge in [-0.15, -0.1) is 0 Å². The van der Waals surface area contributed by atoms with E-state index in [-0.39, 0.29) is 37.4 Å². The number of esters is 2. The Morgan fingerprint density at radius 3 is 2.08 bits per heavy atom. The van der Waals surface area contributed by atoms with Gasteiger partial charge >= 0.3 is 11.9 Å². The fourth-order valence-electron chi connectivity index (χ4n) is 5.51. The van der Waals surface area contributed by atoms with E-state index in [9.17, 15) is 9.59 Å². The Hall–Kier alpha value is -1.10. The van der Waals surface area contributed by atoms with Gasteiger partial charge in [0.2, 0.25) is 0 Å². The maximum atomic E-state index is 12.3. The minimum Gasteiger partial charge on any atom is -0.463 e. The summed E-state index contributed by atoms with van der Waals surface area (Å²) in [6.07, 6.45) is 7.54. The summed E-state index contributed by atoms with van der Waals surface area (Å²) < 4.78 is 16.3. The zero-order valence-corrected chi connectivity index (χ0v) is 14.9. The summed E-state index contributed by atoms with van der Waals surface area (Å²) in [6.45, 7) is 4.26. The van der Waals surface area contributed by atoms with Crippen LogP contribution in [-0.4, -0.2) is 37.4 Å². The highest BCUT2D eigenvalue weighted by molar-refractivity contribution is 5.71. The van der Waals surface area contributed by atoms with Gasteiger partial charge in [-0.3, -0.25) is 4.79 Å². The molecule has 4 fully saturated rings. The Kier molecular flexibility index (Phi) is 5.48. The molecule has 0 amide bonds. The van der Waals surface area contributed by atoms with Gasteiger partial charge in [0, 0.05) is 6.42 Å². The van der Waals surface area contributed by atoms with Crippen LogP contribution in [-0.2, 0) is 23.8 Å². The van der Waals surface area contributed by atoms with Crippen molar-refractivity contribution in [2.75, 3.05) is 19.8 Å². The van der Waals surface area contributed by atoms with Crippen molar-refractivity contribution in [3.05, 3.63) is 0 Å². The third-order valence-electron chi connectivity index (χ3n) is 6.38. The largest absolute Gasteiger partial charge is 0.463 e. The molecular formula is C19H30O5. The molecule has 0 radical (unpaired) electrons. The van der Waals surface area contributed by atoms with Gasteiger partial charge in [0.1, 0.15) is 18.8 Å². The summed E-state index contributed by atoms with van der Waals surface area (Å²) >= 11 is 0. The van der Waals surface area contributed by atoms with Gasteiger partial charge in [0.25, 0.3) is 0 Å². The van der Waals surface area contributed by atoms with Crippen molar-refractivity contribution in [1.82, 2.24) is 0 Å². The van der Waals surface area contributed by atoms with E-state index in [1.54, 1.807) is 6.92 Å². The van der Waals surface area contributed by atoms with Crippen molar-refractivity contribution in [2.45, 2.75) is 64.4 Å². The molecule has 24 heavy (non-hydrogen) atoms. The standard InChI is InChI=1S/C19H30O5/c1-3-17(20)23-6-5-22-12-18(21)24-19(4-2)15-8-13-7-14(10-15)11-16(19)9-13/h13-16H,3-12H2,1-2H3. The maximum Gasteiger partial charge on any atom is 0.332 e. The number of carbonyl (C=O) groups is 2. The van der Waals surface area contributed by atoms with Crippen LogP contribution in [0.15, 0.2) is 0 Å². The van der Waals surface area contributed by atoms with Crippen molar-refractivity contribution in [3.63, 3.8) is 0 Å². The van der Waals surface area contributed by atoms with Crippen LogP contribution in [0, 0.1) is 23.7 Å². The van der Waals surface area contributed by atoms with Gasteiger partial charge in [0.05, 0.1) is 6.61 Å². The first-order chi connectivity index (χ1) is 11.6. The first-order valence-corrected chi connectivity index (χ1v) is 9.52. The molecule has 4 aliphatic rings. The molecule has 0 saturated heterocycles. The van der Waals surface area contributed by atoms with Gasteiger partial charge in [-0.1, -0.05) is 13.8 Å². The van der Waals surface area contributed by atoms with Crippen molar-refractivity contribution in [2.24, 2.45) is 23.7 Å². The van der Waals surface area contributed by atoms with Gasteiger partial charge in [-0.25, -0.2) is 4.79 Å². The fraction of sp³-hybridized carbons (Fsp3) is 0.895. The second kappa shape index (κ2) is 7.42. The van der Waals surface area contributed by atoms with Crippen molar-refractivity contribution in [1.29, 1.82) is 0 Å². The van der Waals surface area contributed by atoms with E-state index in [0.717, 1.165) is 18.3 Å². The number of carbonyl (C=O) groups excluding carboxylic acids is 2. The lowest BCUT2D eigenvalue weighted by Crippen LogP contribution is -2.59. The molecule has 4 saturated carbocycles. The average molecular weight is 338 g/mol. The molecule has 0 N–H and O–H groups in total. The lowest BCUT2D eigenvalue weighted by molar-refractivity contribution is -0.214. The monoisotopic (exact) mass is 338 g/mol. The smallest absolute Gasteiger partial charge is 0.332 e. The van der Waals surface area contributed by atoms with Crippen LogP contribution in [0.4, 0.5) is 0 Å². The van der Waals surface area contributed by atoms with Crippen LogP contribution in [0.1, 0.15) is 58.8 Å². The Labute approximate surface area is 144 Å². The first-order valence-electron chi connectivity index (χ1n) is 9.52. The highest BCUT2D eigenvalue weighted by Crippen LogP contribution is 2.60. The molecular weight excluding hydrogens is 308 g/mol. The molecule has 0 spiro atoms. The molecule has 0 aliphatic heterocycles. The number of hydrogen-bond donors (Lipinski definition) is 0. The minimum atomic E-state index is -0.272. The summed E-state index contributed by atoms with van der Waals surface area (Å²) in [7, 11) is 0. The molecule has 0 unspecified atom stereocenters. The van der Waals surface area contributed by atoms with E-state index in [1.807, 2.05) is 0 Å². The Bertz CT molecular complexity index is 444. The Morgan fingerprint density at radius 1 is 0.917 bits per heavy atom. The fourth-order valence-corrected chi connectivity index (χ4v) is 5.51. The summed E-state index contributed by atoms with van der Waals surface area (Å²) in [6, 6.07) is 0. The van der Waals surface area contributed by atoms with E-state index in [1.165, 1.54) is 32.1 Å². The first kappa shape index (κ1) is 17.7. The number of hydrogen-bond acceptors (Lipinski definition) is 5. The molecule has 0 heterocycles. The molecule has 4 bridgehead atoms. The highest BCUT2D eigenvalue weighted by atomic mass is 16.6. The lowest BCUT2D eigenvalue weighted by Gasteiger charge is -2.60. The topological polar surface area (TPSA) is 61.8 Å². The number of rotatable bonds is 8. The van der Waals surface area contributed by atoms with Crippen LogP contribution < -0.4 is 0 Å². The minimum absolute atomic E-state index is 0.0578. The van der Waals surface area contributed by atoms with Crippen LogP contribution in [0.5, 0.6) is 0 Å². The van der Waals surface area contributed by atoms with Crippen LogP contribution in [0.25, 0.3) is 0 Å². The third kappa shape index (κ3) is 3.46. The average Bonchev–Trinajstić information content (AvgIpc) is 2.57. The molecule has 0 aromatic heterocycles. The highest BCUT2D eigenvalue weighted by Gasteiger charge is 2.58. The Balaban J connectivity index is 1.47. The molecule has 5 nitrogen and oxygen atoms in total. The molecule has 5 heteroatoms. The molecule has 0 aromatic carbocycles. The van der Waals surface area contributed by atoms with Crippen LogP contribution in [0.2, 0.25) is 0 Å². The van der Waals surface area contributed by atoms with E-state index < -0.39 is 0 Å². The van der Waals surface area contributed by atoms with Gasteiger partial charge in [-0.05, 0) is 62.2 Å². The predicted octanol–water partition coefficient (Wildman–Crippen LogP) is 3.10. The normalized spacial score (nSPS) is 36.6. The predicted molar refractivity (Wildman–Crippen MR) is 88.2 cm³/mol. The lowest BCUT2D eigenvalue weighted by atomic mass is 9.49. The SMILES string of the molecule is CCC(=O)OCCOCC(=O)OC1(CC)C2CC3CC(C2)CC1C3. The van der Waals surface area contributed by atoms with E-state index in [0.29, 0.717) is 18.3 Å². The summed E-state index contributed by atoms with van der Waals surface area (Å²) in [5, 5.41) is 0. The molecule has 0 aromatic rings. The quantitative estimate of drug-likeness (QED) is 0.503. The van der Waals surface area contributed by atoms with E-state index >= 15 is 0 Å². The van der Waals surface area contributed by atoms with E-state index in [2.05, 4.69) is 6.92 Å².